The van der Waals surface area contributed by atoms with Crippen LogP contribution in [0.2, 0.25) is 0 Å². The first-order chi connectivity index (χ1) is 6.74. The van der Waals surface area contributed by atoms with Crippen LogP contribution in [0.4, 0.5) is 0 Å². The van der Waals surface area contributed by atoms with Gasteiger partial charge in [-0.1, -0.05) is 33.6 Å². The maximum atomic E-state index is 9.76. The molecular formula is C12H27NO. The van der Waals surface area contributed by atoms with Crippen molar-refractivity contribution in [2.75, 3.05) is 19.6 Å². The minimum absolute atomic E-state index is 0.118. The van der Waals surface area contributed by atoms with Gasteiger partial charge in [0, 0.05) is 6.54 Å². The molecule has 1 N–H and O–H groups in total. The fourth-order valence-electron chi connectivity index (χ4n) is 1.76. The number of nitrogens with zero attached hydrogens (tertiary/aromatic N) is 1. The lowest BCUT2D eigenvalue weighted by atomic mass is 10.1. The molecule has 86 valence electrons. The summed E-state index contributed by atoms with van der Waals surface area (Å²) in [6, 6.07) is 0. The van der Waals surface area contributed by atoms with Gasteiger partial charge in [0.25, 0.3) is 0 Å². The van der Waals surface area contributed by atoms with Crippen LogP contribution in [0, 0.1) is 0 Å². The summed E-state index contributed by atoms with van der Waals surface area (Å²) in [5.41, 5.74) is 0. The number of hydrogen-bond donors (Lipinski definition) is 1. The first kappa shape index (κ1) is 13.9. The van der Waals surface area contributed by atoms with E-state index in [1.165, 1.54) is 19.3 Å². The molecule has 1 unspecified atom stereocenters. The van der Waals surface area contributed by atoms with Crippen LogP contribution in [-0.2, 0) is 0 Å². The lowest BCUT2D eigenvalue weighted by Gasteiger charge is -2.23. The fraction of sp³-hybridized carbons (Fsp3) is 1.00. The smallest absolute Gasteiger partial charge is 0.0667 e. The molecular weight excluding hydrogens is 174 g/mol. The Morgan fingerprint density at radius 2 is 1.57 bits per heavy atom. The summed E-state index contributed by atoms with van der Waals surface area (Å²) in [6.07, 6.45) is 5.53. The zero-order chi connectivity index (χ0) is 10.8. The summed E-state index contributed by atoms with van der Waals surface area (Å²) in [5.74, 6) is 0. The second-order valence-electron chi connectivity index (χ2n) is 4.10. The van der Waals surface area contributed by atoms with Crippen molar-refractivity contribution in [3.05, 3.63) is 0 Å². The average Bonchev–Trinajstić information content (AvgIpc) is 2.15. The zero-order valence-electron chi connectivity index (χ0n) is 10.1. The van der Waals surface area contributed by atoms with E-state index in [1.54, 1.807) is 0 Å². The third kappa shape index (κ3) is 7.34. The quantitative estimate of drug-likeness (QED) is 0.620. The SMILES string of the molecule is CCCCC(O)CN(CCC)CCC. The molecule has 0 aromatic rings. The van der Waals surface area contributed by atoms with Crippen molar-refractivity contribution in [3.8, 4) is 0 Å². The molecule has 0 aromatic heterocycles. The molecule has 2 heteroatoms. The monoisotopic (exact) mass is 201 g/mol. The van der Waals surface area contributed by atoms with E-state index in [4.69, 9.17) is 0 Å². The number of hydrogen-bond acceptors (Lipinski definition) is 2. The van der Waals surface area contributed by atoms with Gasteiger partial charge >= 0.3 is 0 Å². The Balaban J connectivity index is 3.64. The van der Waals surface area contributed by atoms with E-state index in [0.29, 0.717) is 0 Å². The van der Waals surface area contributed by atoms with Crippen LogP contribution in [0.15, 0.2) is 0 Å². The van der Waals surface area contributed by atoms with Crippen LogP contribution in [-0.4, -0.2) is 35.7 Å². The van der Waals surface area contributed by atoms with Crippen LogP contribution in [0.1, 0.15) is 52.9 Å². The minimum Gasteiger partial charge on any atom is -0.392 e. The summed E-state index contributed by atoms with van der Waals surface area (Å²) < 4.78 is 0. The first-order valence-electron chi connectivity index (χ1n) is 6.14. The Hall–Kier alpha value is -0.0800. The lowest BCUT2D eigenvalue weighted by molar-refractivity contribution is 0.103. The molecule has 0 saturated carbocycles. The molecule has 0 amide bonds. The van der Waals surface area contributed by atoms with E-state index in [-0.39, 0.29) is 6.10 Å². The topological polar surface area (TPSA) is 23.5 Å². The summed E-state index contributed by atoms with van der Waals surface area (Å²) in [4.78, 5) is 2.38. The molecule has 0 fully saturated rings. The van der Waals surface area contributed by atoms with Gasteiger partial charge in [0.05, 0.1) is 6.10 Å². The molecule has 2 nitrogen and oxygen atoms in total. The van der Waals surface area contributed by atoms with Crippen molar-refractivity contribution in [1.82, 2.24) is 4.90 Å². The molecule has 0 aliphatic rings. The minimum atomic E-state index is -0.118. The normalized spacial score (nSPS) is 13.5. The number of rotatable bonds is 9. The van der Waals surface area contributed by atoms with Gasteiger partial charge < -0.3 is 10.0 Å². The van der Waals surface area contributed by atoms with Gasteiger partial charge in [0.15, 0.2) is 0 Å². The highest BCUT2D eigenvalue weighted by atomic mass is 16.3. The maximum Gasteiger partial charge on any atom is 0.0667 e. The molecule has 0 aromatic carbocycles. The standard InChI is InChI=1S/C12H27NO/c1-4-7-8-12(14)11-13(9-5-2)10-6-3/h12,14H,4-11H2,1-3H3. The third-order valence-corrected chi connectivity index (χ3v) is 2.44. The van der Waals surface area contributed by atoms with E-state index in [9.17, 15) is 5.11 Å². The Kier molecular flexibility index (Phi) is 9.42. The van der Waals surface area contributed by atoms with Crippen molar-refractivity contribution in [2.45, 2.75) is 59.0 Å². The van der Waals surface area contributed by atoms with Gasteiger partial charge in [-0.3, -0.25) is 0 Å². The molecule has 0 spiro atoms. The van der Waals surface area contributed by atoms with Gasteiger partial charge in [-0.2, -0.15) is 0 Å². The first-order valence-corrected chi connectivity index (χ1v) is 6.14. The Labute approximate surface area is 89.3 Å². The molecule has 0 aliphatic heterocycles. The molecule has 0 aliphatic carbocycles. The summed E-state index contributed by atoms with van der Waals surface area (Å²) in [7, 11) is 0. The molecule has 0 bridgehead atoms. The van der Waals surface area contributed by atoms with Crippen molar-refractivity contribution >= 4 is 0 Å². The third-order valence-electron chi connectivity index (χ3n) is 2.44. The van der Waals surface area contributed by atoms with Crippen LogP contribution in [0.3, 0.4) is 0 Å². The van der Waals surface area contributed by atoms with E-state index in [0.717, 1.165) is 32.5 Å². The Bertz CT molecular complexity index is 111. The zero-order valence-corrected chi connectivity index (χ0v) is 10.1. The average molecular weight is 201 g/mol. The maximum absolute atomic E-state index is 9.76. The number of aliphatic hydroxyl groups is 1. The van der Waals surface area contributed by atoms with Gasteiger partial charge in [-0.15, -0.1) is 0 Å². The van der Waals surface area contributed by atoms with E-state index >= 15 is 0 Å². The summed E-state index contributed by atoms with van der Waals surface area (Å²) in [6.45, 7) is 9.67. The van der Waals surface area contributed by atoms with Gasteiger partial charge in [0.1, 0.15) is 0 Å². The molecule has 1 atom stereocenters. The van der Waals surface area contributed by atoms with Crippen LogP contribution in [0.25, 0.3) is 0 Å². The predicted octanol–water partition coefficient (Wildman–Crippen LogP) is 2.66. The summed E-state index contributed by atoms with van der Waals surface area (Å²) >= 11 is 0. The van der Waals surface area contributed by atoms with Gasteiger partial charge in [-0.25, -0.2) is 0 Å². The molecule has 14 heavy (non-hydrogen) atoms. The van der Waals surface area contributed by atoms with E-state index in [2.05, 4.69) is 25.7 Å². The molecule has 0 radical (unpaired) electrons. The highest BCUT2D eigenvalue weighted by molar-refractivity contribution is 4.64. The number of unbranched alkanes of at least 4 members (excludes halogenated alkanes) is 1. The fourth-order valence-corrected chi connectivity index (χ4v) is 1.76. The van der Waals surface area contributed by atoms with Crippen molar-refractivity contribution in [3.63, 3.8) is 0 Å². The Morgan fingerprint density at radius 1 is 1.00 bits per heavy atom. The highest BCUT2D eigenvalue weighted by Gasteiger charge is 2.09. The second-order valence-corrected chi connectivity index (χ2v) is 4.10. The lowest BCUT2D eigenvalue weighted by Crippen LogP contribution is -2.33. The summed E-state index contributed by atoms with van der Waals surface area (Å²) in [5, 5.41) is 9.76. The second kappa shape index (κ2) is 9.47. The largest absolute Gasteiger partial charge is 0.392 e. The van der Waals surface area contributed by atoms with Crippen LogP contribution in [0.5, 0.6) is 0 Å². The van der Waals surface area contributed by atoms with Crippen LogP contribution >= 0.6 is 0 Å². The molecule has 0 saturated heterocycles. The Morgan fingerprint density at radius 3 is 2.00 bits per heavy atom. The highest BCUT2D eigenvalue weighted by Crippen LogP contribution is 2.04. The predicted molar refractivity (Wildman–Crippen MR) is 62.6 cm³/mol. The van der Waals surface area contributed by atoms with Crippen molar-refractivity contribution < 1.29 is 5.11 Å². The molecule has 0 rings (SSSR count). The van der Waals surface area contributed by atoms with Gasteiger partial charge in [0.2, 0.25) is 0 Å². The molecule has 0 heterocycles. The van der Waals surface area contributed by atoms with Crippen molar-refractivity contribution in [1.29, 1.82) is 0 Å². The van der Waals surface area contributed by atoms with Crippen LogP contribution < -0.4 is 0 Å². The number of aliphatic hydroxyl groups excluding tert-OH is 1. The van der Waals surface area contributed by atoms with E-state index in [1.807, 2.05) is 0 Å². The van der Waals surface area contributed by atoms with E-state index < -0.39 is 0 Å². The van der Waals surface area contributed by atoms with Crippen molar-refractivity contribution in [2.24, 2.45) is 0 Å². The van der Waals surface area contributed by atoms with Gasteiger partial charge in [-0.05, 0) is 32.4 Å².